The third-order valence-corrected chi connectivity index (χ3v) is 5.53. The number of fused-ring (bicyclic) bond motifs is 1. The van der Waals surface area contributed by atoms with Crippen LogP contribution in [-0.2, 0) is 6.42 Å². The van der Waals surface area contributed by atoms with Crippen molar-refractivity contribution in [3.05, 3.63) is 70.2 Å². The van der Waals surface area contributed by atoms with Crippen LogP contribution in [0.25, 0.3) is 11.1 Å². The zero-order valence-electron chi connectivity index (χ0n) is 14.0. The second-order valence-electron chi connectivity index (χ2n) is 6.24. The molecule has 0 saturated carbocycles. The van der Waals surface area contributed by atoms with E-state index < -0.39 is 0 Å². The maximum Gasteiger partial charge on any atom is 0.277 e. The zero-order valence-corrected chi connectivity index (χ0v) is 14.8. The molecule has 0 aliphatic carbocycles. The summed E-state index contributed by atoms with van der Waals surface area (Å²) >= 11 is 1.44. The minimum atomic E-state index is -0.151. The van der Waals surface area contributed by atoms with E-state index in [4.69, 9.17) is 5.73 Å². The molecule has 2 aromatic carbocycles. The fourth-order valence-electron chi connectivity index (χ4n) is 3.27. The highest BCUT2D eigenvalue weighted by molar-refractivity contribution is 7.09. The third-order valence-electron chi connectivity index (χ3n) is 4.49. The molecule has 1 atom stereocenters. The first-order valence-corrected chi connectivity index (χ1v) is 9.23. The van der Waals surface area contributed by atoms with Gasteiger partial charge in [-0.15, -0.1) is 11.3 Å². The van der Waals surface area contributed by atoms with Gasteiger partial charge in [-0.3, -0.25) is 4.79 Å². The Balaban J connectivity index is 1.69. The van der Waals surface area contributed by atoms with Gasteiger partial charge in [0.15, 0.2) is 0 Å². The molecule has 1 aliphatic heterocycles. The lowest BCUT2D eigenvalue weighted by molar-refractivity contribution is 0.0985. The number of hydrogen-bond donors (Lipinski definition) is 1. The first kappa shape index (κ1) is 16.0. The van der Waals surface area contributed by atoms with Crippen molar-refractivity contribution in [2.24, 2.45) is 5.73 Å². The SMILES string of the molecule is CC(N)c1nc(C(=O)N2CCc3c(-c4ccccc4)cccc32)cs1. The highest BCUT2D eigenvalue weighted by Gasteiger charge is 2.29. The van der Waals surface area contributed by atoms with Crippen LogP contribution in [0.4, 0.5) is 5.69 Å². The maximum atomic E-state index is 12.9. The number of hydrogen-bond acceptors (Lipinski definition) is 4. The Hall–Kier alpha value is -2.50. The first-order valence-electron chi connectivity index (χ1n) is 8.35. The summed E-state index contributed by atoms with van der Waals surface area (Å²) in [5, 5.41) is 2.60. The summed E-state index contributed by atoms with van der Waals surface area (Å²) in [6.45, 7) is 2.56. The topological polar surface area (TPSA) is 59.2 Å². The van der Waals surface area contributed by atoms with Crippen LogP contribution in [-0.4, -0.2) is 17.4 Å². The van der Waals surface area contributed by atoms with Crippen LogP contribution < -0.4 is 10.6 Å². The number of amides is 1. The Kier molecular flexibility index (Phi) is 4.11. The molecule has 0 saturated heterocycles. The smallest absolute Gasteiger partial charge is 0.277 e. The molecular formula is C20H19N3OS. The molecular weight excluding hydrogens is 330 g/mol. The van der Waals surface area contributed by atoms with Gasteiger partial charge in [-0.1, -0.05) is 42.5 Å². The van der Waals surface area contributed by atoms with E-state index in [1.165, 1.54) is 28.0 Å². The van der Waals surface area contributed by atoms with Gasteiger partial charge in [-0.2, -0.15) is 0 Å². The molecule has 1 aromatic heterocycles. The minimum Gasteiger partial charge on any atom is -0.322 e. The summed E-state index contributed by atoms with van der Waals surface area (Å²) in [4.78, 5) is 19.2. The van der Waals surface area contributed by atoms with Crippen LogP contribution >= 0.6 is 11.3 Å². The number of aromatic nitrogens is 1. The van der Waals surface area contributed by atoms with E-state index in [1.54, 1.807) is 5.38 Å². The number of rotatable bonds is 3. The molecule has 126 valence electrons. The summed E-state index contributed by atoms with van der Waals surface area (Å²) < 4.78 is 0. The number of benzene rings is 2. The average Bonchev–Trinajstić information content (AvgIpc) is 3.29. The Morgan fingerprint density at radius 3 is 2.72 bits per heavy atom. The lowest BCUT2D eigenvalue weighted by atomic mass is 9.98. The van der Waals surface area contributed by atoms with Crippen LogP contribution in [0.15, 0.2) is 53.9 Å². The molecule has 1 aliphatic rings. The van der Waals surface area contributed by atoms with E-state index in [0.29, 0.717) is 12.2 Å². The van der Waals surface area contributed by atoms with Crippen molar-refractivity contribution in [3.63, 3.8) is 0 Å². The van der Waals surface area contributed by atoms with Crippen molar-refractivity contribution in [2.45, 2.75) is 19.4 Å². The molecule has 5 heteroatoms. The molecule has 25 heavy (non-hydrogen) atoms. The van der Waals surface area contributed by atoms with E-state index in [0.717, 1.165) is 17.1 Å². The molecule has 2 N–H and O–H groups in total. The van der Waals surface area contributed by atoms with Gasteiger partial charge in [0.25, 0.3) is 5.91 Å². The highest BCUT2D eigenvalue weighted by atomic mass is 32.1. The Bertz CT molecular complexity index is 918. The van der Waals surface area contributed by atoms with Gasteiger partial charge < -0.3 is 10.6 Å². The number of carbonyl (C=O) groups is 1. The molecule has 3 aromatic rings. The van der Waals surface area contributed by atoms with E-state index in [-0.39, 0.29) is 11.9 Å². The van der Waals surface area contributed by atoms with Crippen molar-refractivity contribution < 1.29 is 4.79 Å². The number of thiazole rings is 1. The molecule has 0 bridgehead atoms. The molecule has 1 amide bonds. The van der Waals surface area contributed by atoms with Crippen molar-refractivity contribution in [2.75, 3.05) is 11.4 Å². The standard InChI is InChI=1S/C20H19N3OS/c1-13(21)19-22-17(12-25-19)20(24)23-11-10-16-15(8-5-9-18(16)23)14-6-3-2-4-7-14/h2-9,12-13H,10-11,21H2,1H3. The third kappa shape index (κ3) is 2.86. The summed E-state index contributed by atoms with van der Waals surface area (Å²) in [5.41, 5.74) is 10.9. The molecule has 0 spiro atoms. The number of nitrogens with zero attached hydrogens (tertiary/aromatic N) is 2. The minimum absolute atomic E-state index is 0.0490. The second kappa shape index (κ2) is 6.43. The predicted molar refractivity (Wildman–Crippen MR) is 102 cm³/mol. The lowest BCUT2D eigenvalue weighted by Crippen LogP contribution is -2.29. The Morgan fingerprint density at radius 1 is 1.20 bits per heavy atom. The quantitative estimate of drug-likeness (QED) is 0.776. The van der Waals surface area contributed by atoms with Crippen molar-refractivity contribution in [1.29, 1.82) is 0 Å². The predicted octanol–water partition coefficient (Wildman–Crippen LogP) is 4.03. The normalized spacial score (nSPS) is 14.4. The van der Waals surface area contributed by atoms with Crippen LogP contribution in [0.1, 0.15) is 34.0 Å². The Labute approximate surface area is 150 Å². The molecule has 0 fully saturated rings. The van der Waals surface area contributed by atoms with Gasteiger partial charge in [-0.05, 0) is 36.1 Å². The monoisotopic (exact) mass is 349 g/mol. The lowest BCUT2D eigenvalue weighted by Gasteiger charge is -2.17. The van der Waals surface area contributed by atoms with Gasteiger partial charge >= 0.3 is 0 Å². The van der Waals surface area contributed by atoms with Gasteiger partial charge in [0.1, 0.15) is 10.7 Å². The van der Waals surface area contributed by atoms with Crippen molar-refractivity contribution >= 4 is 22.9 Å². The fourth-order valence-corrected chi connectivity index (χ4v) is 4.02. The van der Waals surface area contributed by atoms with Gasteiger partial charge in [0.2, 0.25) is 0 Å². The molecule has 0 radical (unpaired) electrons. The van der Waals surface area contributed by atoms with E-state index in [2.05, 4.69) is 23.2 Å². The van der Waals surface area contributed by atoms with E-state index in [9.17, 15) is 4.79 Å². The molecule has 4 nitrogen and oxygen atoms in total. The summed E-state index contributed by atoms with van der Waals surface area (Å²) in [6.07, 6.45) is 0.858. The molecule has 2 heterocycles. The number of nitrogens with two attached hydrogens (primary N) is 1. The first-order chi connectivity index (χ1) is 12.1. The Morgan fingerprint density at radius 2 is 2.00 bits per heavy atom. The van der Waals surface area contributed by atoms with Crippen LogP contribution in [0.2, 0.25) is 0 Å². The van der Waals surface area contributed by atoms with Gasteiger partial charge in [0, 0.05) is 17.6 Å². The van der Waals surface area contributed by atoms with E-state index >= 15 is 0 Å². The summed E-state index contributed by atoms with van der Waals surface area (Å²) in [7, 11) is 0. The van der Waals surface area contributed by atoms with Crippen LogP contribution in [0.5, 0.6) is 0 Å². The number of anilines is 1. The van der Waals surface area contributed by atoms with Gasteiger partial charge in [0.05, 0.1) is 6.04 Å². The molecule has 1 unspecified atom stereocenters. The van der Waals surface area contributed by atoms with Crippen molar-refractivity contribution in [3.8, 4) is 11.1 Å². The number of carbonyl (C=O) groups excluding carboxylic acids is 1. The zero-order chi connectivity index (χ0) is 17.4. The van der Waals surface area contributed by atoms with E-state index in [1.807, 2.05) is 42.2 Å². The largest absolute Gasteiger partial charge is 0.322 e. The summed E-state index contributed by atoms with van der Waals surface area (Å²) in [5.74, 6) is -0.0490. The highest BCUT2D eigenvalue weighted by Crippen LogP contribution is 2.36. The second-order valence-corrected chi connectivity index (χ2v) is 7.13. The summed E-state index contributed by atoms with van der Waals surface area (Å²) in [6, 6.07) is 16.3. The maximum absolute atomic E-state index is 12.9. The molecule has 4 rings (SSSR count). The van der Waals surface area contributed by atoms with Crippen LogP contribution in [0.3, 0.4) is 0 Å². The fraction of sp³-hybridized carbons (Fsp3) is 0.200. The van der Waals surface area contributed by atoms with Crippen LogP contribution in [0, 0.1) is 0 Å². The van der Waals surface area contributed by atoms with Crippen molar-refractivity contribution in [1.82, 2.24) is 4.98 Å². The average molecular weight is 349 g/mol. The van der Waals surface area contributed by atoms with Gasteiger partial charge in [-0.25, -0.2) is 4.98 Å².